The summed E-state index contributed by atoms with van der Waals surface area (Å²) >= 11 is 0. The van der Waals surface area contributed by atoms with E-state index >= 15 is 0 Å². The molecule has 0 saturated carbocycles. The molecule has 0 bridgehead atoms. The topological polar surface area (TPSA) is 85.4 Å². The van der Waals surface area contributed by atoms with Crippen molar-refractivity contribution in [3.8, 4) is 11.6 Å². The zero-order valence-electron chi connectivity index (χ0n) is 14.1. The summed E-state index contributed by atoms with van der Waals surface area (Å²) in [6.45, 7) is 6.31. The molecular weight excluding hydrogens is 308 g/mol. The van der Waals surface area contributed by atoms with Crippen LogP contribution in [-0.2, 0) is 4.79 Å². The Labute approximate surface area is 141 Å². The molecular formula is C17H22N4O3. The number of aromatic nitrogens is 2. The van der Waals surface area contributed by atoms with E-state index in [0.29, 0.717) is 36.3 Å². The van der Waals surface area contributed by atoms with Crippen LogP contribution in [0.5, 0.6) is 11.6 Å². The van der Waals surface area contributed by atoms with E-state index in [1.807, 2.05) is 32.0 Å². The SMILES string of the molecule is CC(=O)Nc1cccc(OCCNc2nccnc2OC(C)C)c1. The largest absolute Gasteiger partial charge is 0.492 e. The van der Waals surface area contributed by atoms with E-state index < -0.39 is 0 Å². The lowest BCUT2D eigenvalue weighted by Crippen LogP contribution is -2.15. The number of amides is 1. The Morgan fingerprint density at radius 1 is 1.25 bits per heavy atom. The maximum Gasteiger partial charge on any atom is 0.257 e. The van der Waals surface area contributed by atoms with Crippen molar-refractivity contribution < 1.29 is 14.3 Å². The van der Waals surface area contributed by atoms with Crippen LogP contribution in [0.25, 0.3) is 0 Å². The van der Waals surface area contributed by atoms with E-state index in [1.165, 1.54) is 6.92 Å². The highest BCUT2D eigenvalue weighted by atomic mass is 16.5. The molecule has 0 aliphatic rings. The number of nitrogens with zero attached hydrogens (tertiary/aromatic N) is 2. The number of rotatable bonds is 8. The lowest BCUT2D eigenvalue weighted by Gasteiger charge is -2.13. The predicted molar refractivity (Wildman–Crippen MR) is 92.5 cm³/mol. The van der Waals surface area contributed by atoms with Crippen molar-refractivity contribution in [3.05, 3.63) is 36.7 Å². The molecule has 0 unspecified atom stereocenters. The Morgan fingerprint density at radius 3 is 2.79 bits per heavy atom. The number of carbonyl (C=O) groups is 1. The van der Waals surface area contributed by atoms with Gasteiger partial charge in [-0.3, -0.25) is 4.79 Å². The highest BCUT2D eigenvalue weighted by Gasteiger charge is 2.07. The Bertz CT molecular complexity index is 676. The fourth-order valence-corrected chi connectivity index (χ4v) is 1.96. The number of carbonyl (C=O) groups excluding carboxylic acids is 1. The molecule has 7 nitrogen and oxygen atoms in total. The van der Waals surface area contributed by atoms with Gasteiger partial charge in [-0.25, -0.2) is 9.97 Å². The first-order valence-corrected chi connectivity index (χ1v) is 7.76. The molecule has 128 valence electrons. The minimum absolute atomic E-state index is 0.0232. The highest BCUT2D eigenvalue weighted by molar-refractivity contribution is 5.88. The first kappa shape index (κ1) is 17.5. The van der Waals surface area contributed by atoms with Gasteiger partial charge in [0.05, 0.1) is 12.6 Å². The van der Waals surface area contributed by atoms with Crippen LogP contribution < -0.4 is 20.1 Å². The van der Waals surface area contributed by atoms with Crippen molar-refractivity contribution in [1.82, 2.24) is 9.97 Å². The van der Waals surface area contributed by atoms with Crippen molar-refractivity contribution in [3.63, 3.8) is 0 Å². The Morgan fingerprint density at radius 2 is 2.04 bits per heavy atom. The Hall–Kier alpha value is -2.83. The second kappa shape index (κ2) is 8.71. The van der Waals surface area contributed by atoms with Gasteiger partial charge >= 0.3 is 0 Å². The number of anilines is 2. The third-order valence-corrected chi connectivity index (χ3v) is 2.83. The van der Waals surface area contributed by atoms with Crippen molar-refractivity contribution in [2.45, 2.75) is 26.9 Å². The molecule has 1 amide bonds. The van der Waals surface area contributed by atoms with E-state index in [9.17, 15) is 4.79 Å². The van der Waals surface area contributed by atoms with Crippen LogP contribution in [0.4, 0.5) is 11.5 Å². The summed E-state index contributed by atoms with van der Waals surface area (Å²) in [7, 11) is 0. The molecule has 2 aromatic rings. The third-order valence-electron chi connectivity index (χ3n) is 2.83. The quantitative estimate of drug-likeness (QED) is 0.724. The van der Waals surface area contributed by atoms with Gasteiger partial charge in [0.15, 0.2) is 5.82 Å². The molecule has 0 aliphatic carbocycles. The first-order valence-electron chi connectivity index (χ1n) is 7.76. The normalized spacial score (nSPS) is 10.3. The Kier molecular flexibility index (Phi) is 6.36. The molecule has 1 aromatic heterocycles. The first-order chi connectivity index (χ1) is 11.5. The summed E-state index contributed by atoms with van der Waals surface area (Å²) in [4.78, 5) is 19.5. The van der Waals surface area contributed by atoms with Crippen LogP contribution >= 0.6 is 0 Å². The van der Waals surface area contributed by atoms with Crippen molar-refractivity contribution in [2.75, 3.05) is 23.8 Å². The van der Waals surface area contributed by atoms with Crippen LogP contribution in [-0.4, -0.2) is 35.1 Å². The van der Waals surface area contributed by atoms with Crippen LogP contribution in [0.1, 0.15) is 20.8 Å². The average Bonchev–Trinajstić information content (AvgIpc) is 2.52. The van der Waals surface area contributed by atoms with Gasteiger partial charge in [-0.2, -0.15) is 0 Å². The molecule has 2 rings (SSSR count). The summed E-state index contributed by atoms with van der Waals surface area (Å²) in [5.41, 5.74) is 0.703. The molecule has 0 spiro atoms. The number of hydrogen-bond acceptors (Lipinski definition) is 6. The molecule has 0 radical (unpaired) electrons. The molecule has 7 heteroatoms. The number of benzene rings is 1. The van der Waals surface area contributed by atoms with E-state index in [4.69, 9.17) is 9.47 Å². The summed E-state index contributed by atoms with van der Waals surface area (Å²) in [5.74, 6) is 1.62. The maximum atomic E-state index is 11.1. The lowest BCUT2D eigenvalue weighted by molar-refractivity contribution is -0.114. The lowest BCUT2D eigenvalue weighted by atomic mass is 10.3. The average molecular weight is 330 g/mol. The molecule has 2 N–H and O–H groups in total. The van der Waals surface area contributed by atoms with Gasteiger partial charge in [0.2, 0.25) is 5.91 Å². The van der Waals surface area contributed by atoms with Crippen molar-refractivity contribution in [1.29, 1.82) is 0 Å². The zero-order chi connectivity index (χ0) is 17.4. The van der Waals surface area contributed by atoms with Crippen LogP contribution in [0.15, 0.2) is 36.7 Å². The second-order valence-electron chi connectivity index (χ2n) is 5.36. The van der Waals surface area contributed by atoms with Gasteiger partial charge in [-0.15, -0.1) is 0 Å². The fourth-order valence-electron chi connectivity index (χ4n) is 1.96. The second-order valence-corrected chi connectivity index (χ2v) is 5.36. The highest BCUT2D eigenvalue weighted by Crippen LogP contribution is 2.19. The van der Waals surface area contributed by atoms with E-state index in [-0.39, 0.29) is 12.0 Å². The number of ether oxygens (including phenoxy) is 2. The number of nitrogens with one attached hydrogen (secondary N) is 2. The number of hydrogen-bond donors (Lipinski definition) is 2. The minimum atomic E-state index is -0.117. The maximum absolute atomic E-state index is 11.1. The molecule has 0 atom stereocenters. The van der Waals surface area contributed by atoms with Crippen LogP contribution in [0, 0.1) is 0 Å². The van der Waals surface area contributed by atoms with Gasteiger partial charge in [0.1, 0.15) is 12.4 Å². The van der Waals surface area contributed by atoms with Crippen LogP contribution in [0.3, 0.4) is 0 Å². The van der Waals surface area contributed by atoms with Gasteiger partial charge in [-0.05, 0) is 26.0 Å². The summed E-state index contributed by atoms with van der Waals surface area (Å²) in [6, 6.07) is 7.24. The molecule has 0 saturated heterocycles. The predicted octanol–water partition coefficient (Wildman–Crippen LogP) is 2.71. The zero-order valence-corrected chi connectivity index (χ0v) is 14.1. The van der Waals surface area contributed by atoms with Gasteiger partial charge in [0, 0.05) is 31.1 Å². The smallest absolute Gasteiger partial charge is 0.257 e. The fraction of sp³-hybridized carbons (Fsp3) is 0.353. The van der Waals surface area contributed by atoms with E-state index in [1.54, 1.807) is 18.5 Å². The molecule has 1 heterocycles. The van der Waals surface area contributed by atoms with Gasteiger partial charge < -0.3 is 20.1 Å². The molecule has 0 aliphatic heterocycles. The van der Waals surface area contributed by atoms with Crippen molar-refractivity contribution >= 4 is 17.4 Å². The summed E-state index contributed by atoms with van der Waals surface area (Å²) < 4.78 is 11.3. The van der Waals surface area contributed by atoms with E-state index in [0.717, 1.165) is 0 Å². The monoisotopic (exact) mass is 330 g/mol. The minimum Gasteiger partial charge on any atom is -0.492 e. The van der Waals surface area contributed by atoms with Gasteiger partial charge in [-0.1, -0.05) is 6.07 Å². The van der Waals surface area contributed by atoms with Crippen molar-refractivity contribution in [2.24, 2.45) is 0 Å². The third kappa shape index (κ3) is 5.75. The molecule has 0 fully saturated rings. The Balaban J connectivity index is 1.84. The standard InChI is InChI=1S/C17H22N4O3/c1-12(2)24-17-16(18-7-8-20-17)19-9-10-23-15-6-4-5-14(11-15)21-13(3)22/h4-8,11-12H,9-10H2,1-3H3,(H,18,19)(H,21,22). The summed E-state index contributed by atoms with van der Waals surface area (Å²) in [6.07, 6.45) is 3.22. The molecule has 1 aromatic carbocycles. The molecule has 24 heavy (non-hydrogen) atoms. The van der Waals surface area contributed by atoms with E-state index in [2.05, 4.69) is 20.6 Å². The van der Waals surface area contributed by atoms with Gasteiger partial charge in [0.25, 0.3) is 5.88 Å². The summed E-state index contributed by atoms with van der Waals surface area (Å²) in [5, 5.41) is 5.86. The van der Waals surface area contributed by atoms with Crippen LogP contribution in [0.2, 0.25) is 0 Å².